The van der Waals surface area contributed by atoms with E-state index < -0.39 is 0 Å². The van der Waals surface area contributed by atoms with Gasteiger partial charge in [-0.25, -0.2) is 4.98 Å². The SMILES string of the molecule is CN1CCn2nc(Nc3cc(N4CCCC(NC(=O)c5ccc(N6CCCCC6)cc5)C4)nc4ccnn34)cc2C1. The Kier molecular flexibility index (Phi) is 6.95. The Morgan fingerprint density at radius 1 is 0.927 bits per heavy atom. The van der Waals surface area contributed by atoms with Gasteiger partial charge in [0.15, 0.2) is 11.5 Å². The Bertz CT molecular complexity index is 1520. The molecule has 1 amide bonds. The second kappa shape index (κ2) is 11.0. The predicted molar refractivity (Wildman–Crippen MR) is 160 cm³/mol. The fourth-order valence-electron chi connectivity index (χ4n) is 6.29. The number of nitrogens with one attached hydrogen (secondary N) is 2. The highest BCUT2D eigenvalue weighted by Gasteiger charge is 2.25. The summed E-state index contributed by atoms with van der Waals surface area (Å²) in [5.74, 6) is 2.48. The van der Waals surface area contributed by atoms with E-state index in [0.29, 0.717) is 12.1 Å². The highest BCUT2D eigenvalue weighted by molar-refractivity contribution is 5.94. The van der Waals surface area contributed by atoms with Crippen molar-refractivity contribution in [1.29, 1.82) is 0 Å². The lowest BCUT2D eigenvalue weighted by Gasteiger charge is -2.34. The molecule has 214 valence electrons. The molecule has 2 fully saturated rings. The van der Waals surface area contributed by atoms with Crippen LogP contribution in [0.15, 0.2) is 48.7 Å². The van der Waals surface area contributed by atoms with Gasteiger partial charge >= 0.3 is 0 Å². The summed E-state index contributed by atoms with van der Waals surface area (Å²) in [7, 11) is 2.13. The third-order valence-corrected chi connectivity index (χ3v) is 8.52. The zero-order chi connectivity index (χ0) is 27.8. The minimum atomic E-state index is -0.0157. The lowest BCUT2D eigenvalue weighted by Crippen LogP contribution is -2.48. The van der Waals surface area contributed by atoms with Crippen LogP contribution in [0.2, 0.25) is 0 Å². The molecular weight excluding hydrogens is 516 g/mol. The fraction of sp³-hybridized carbons (Fsp3) is 0.467. The second-order valence-electron chi connectivity index (χ2n) is 11.6. The van der Waals surface area contributed by atoms with Crippen molar-refractivity contribution in [2.75, 3.05) is 54.9 Å². The van der Waals surface area contributed by atoms with Gasteiger partial charge in [-0.2, -0.15) is 14.7 Å². The van der Waals surface area contributed by atoms with E-state index in [1.165, 1.54) is 30.6 Å². The molecular formula is C30H38N10O. The Morgan fingerprint density at radius 2 is 1.76 bits per heavy atom. The van der Waals surface area contributed by atoms with E-state index in [-0.39, 0.29) is 11.9 Å². The lowest BCUT2D eigenvalue weighted by molar-refractivity contribution is 0.0933. The van der Waals surface area contributed by atoms with E-state index >= 15 is 0 Å². The smallest absolute Gasteiger partial charge is 0.251 e. The zero-order valence-electron chi connectivity index (χ0n) is 23.7. The number of rotatable bonds is 6. The van der Waals surface area contributed by atoms with Crippen LogP contribution in [-0.4, -0.2) is 81.0 Å². The minimum absolute atomic E-state index is 0.0157. The quantitative estimate of drug-likeness (QED) is 0.374. The van der Waals surface area contributed by atoms with Gasteiger partial charge in [-0.05, 0) is 63.4 Å². The Labute approximate surface area is 240 Å². The van der Waals surface area contributed by atoms with Crippen molar-refractivity contribution < 1.29 is 4.79 Å². The number of carbonyl (C=O) groups excluding carboxylic acids is 1. The van der Waals surface area contributed by atoms with Crippen molar-refractivity contribution in [2.45, 2.75) is 51.2 Å². The molecule has 3 aromatic heterocycles. The number of hydrogen-bond donors (Lipinski definition) is 2. The molecule has 0 bridgehead atoms. The molecule has 11 heteroatoms. The summed E-state index contributed by atoms with van der Waals surface area (Å²) in [4.78, 5) is 25.0. The second-order valence-corrected chi connectivity index (χ2v) is 11.6. The minimum Gasteiger partial charge on any atom is -0.372 e. The van der Waals surface area contributed by atoms with Gasteiger partial charge in [-0.3, -0.25) is 14.4 Å². The van der Waals surface area contributed by atoms with Crippen molar-refractivity contribution >= 4 is 34.7 Å². The first kappa shape index (κ1) is 25.8. The molecule has 0 spiro atoms. The van der Waals surface area contributed by atoms with Gasteiger partial charge in [0.05, 0.1) is 18.4 Å². The molecule has 6 heterocycles. The van der Waals surface area contributed by atoms with E-state index in [1.54, 1.807) is 6.20 Å². The number of piperidine rings is 2. The lowest BCUT2D eigenvalue weighted by atomic mass is 10.0. The number of aromatic nitrogens is 5. The van der Waals surface area contributed by atoms with E-state index in [2.05, 4.69) is 60.4 Å². The van der Waals surface area contributed by atoms with Crippen molar-refractivity contribution in [3.05, 3.63) is 59.9 Å². The van der Waals surface area contributed by atoms with Crippen LogP contribution in [0, 0.1) is 0 Å². The van der Waals surface area contributed by atoms with Crippen molar-refractivity contribution in [1.82, 2.24) is 34.6 Å². The number of anilines is 4. The summed E-state index contributed by atoms with van der Waals surface area (Å²) in [5.41, 5.74) is 3.89. The molecule has 3 aliphatic rings. The average molecular weight is 555 g/mol. The molecule has 0 aliphatic carbocycles. The van der Waals surface area contributed by atoms with Crippen molar-refractivity contribution in [3.8, 4) is 0 Å². The van der Waals surface area contributed by atoms with Gasteiger partial charge < -0.3 is 20.4 Å². The van der Waals surface area contributed by atoms with E-state index in [1.807, 2.05) is 28.8 Å². The number of fused-ring (bicyclic) bond motifs is 2. The van der Waals surface area contributed by atoms with Gasteiger partial charge in [-0.15, -0.1) is 0 Å². The molecule has 41 heavy (non-hydrogen) atoms. The van der Waals surface area contributed by atoms with E-state index in [0.717, 1.165) is 75.2 Å². The first-order chi connectivity index (χ1) is 20.1. The number of benzene rings is 1. The molecule has 7 rings (SSSR count). The van der Waals surface area contributed by atoms with Crippen LogP contribution in [0.1, 0.15) is 48.2 Å². The topological polar surface area (TPSA) is 98.9 Å². The van der Waals surface area contributed by atoms with Crippen LogP contribution >= 0.6 is 0 Å². The van der Waals surface area contributed by atoms with E-state index in [4.69, 9.17) is 10.1 Å². The van der Waals surface area contributed by atoms with Crippen molar-refractivity contribution in [2.24, 2.45) is 0 Å². The molecule has 1 aromatic carbocycles. The highest BCUT2D eigenvalue weighted by atomic mass is 16.1. The zero-order valence-corrected chi connectivity index (χ0v) is 23.7. The summed E-state index contributed by atoms with van der Waals surface area (Å²) in [5, 5.41) is 16.0. The third kappa shape index (κ3) is 5.46. The maximum Gasteiger partial charge on any atom is 0.251 e. The van der Waals surface area contributed by atoms with E-state index in [9.17, 15) is 4.79 Å². The Hall–Kier alpha value is -4.12. The Balaban J connectivity index is 1.04. The van der Waals surface area contributed by atoms with Gasteiger partial charge in [0, 0.05) is 74.8 Å². The monoisotopic (exact) mass is 554 g/mol. The van der Waals surface area contributed by atoms with Crippen LogP contribution in [0.5, 0.6) is 0 Å². The first-order valence-corrected chi connectivity index (χ1v) is 14.9. The van der Waals surface area contributed by atoms with Gasteiger partial charge in [-0.1, -0.05) is 0 Å². The Morgan fingerprint density at radius 3 is 2.61 bits per heavy atom. The molecule has 2 N–H and O–H groups in total. The first-order valence-electron chi connectivity index (χ1n) is 14.9. The number of nitrogens with zero attached hydrogens (tertiary/aromatic N) is 8. The van der Waals surface area contributed by atoms with Crippen LogP contribution in [0.4, 0.5) is 23.1 Å². The summed E-state index contributed by atoms with van der Waals surface area (Å²) in [6, 6.07) is 14.2. The van der Waals surface area contributed by atoms with Crippen LogP contribution in [0.3, 0.4) is 0 Å². The molecule has 4 aromatic rings. The normalized spacial score (nSPS) is 19.8. The summed E-state index contributed by atoms with van der Waals surface area (Å²) in [6.07, 6.45) is 7.48. The van der Waals surface area contributed by atoms with Crippen LogP contribution in [0.25, 0.3) is 5.65 Å². The molecule has 11 nitrogen and oxygen atoms in total. The molecule has 0 saturated carbocycles. The standard InChI is InChI=1S/C30H38N10O/c1-36-16-17-39-25(21-36)18-26(35-39)33-29-19-28(34-27-11-12-31-40(27)29)38-15-5-6-23(20-38)32-30(41)22-7-9-24(10-8-22)37-13-3-2-4-14-37/h7-12,18-19,23H,2-6,13-17,20-21H2,1H3,(H,32,41)(H,33,35). The van der Waals surface area contributed by atoms with Gasteiger partial charge in [0.2, 0.25) is 0 Å². The maximum atomic E-state index is 13.2. The number of hydrogen-bond acceptors (Lipinski definition) is 8. The molecule has 1 unspecified atom stereocenters. The number of carbonyl (C=O) groups is 1. The molecule has 3 aliphatic heterocycles. The molecule has 0 radical (unpaired) electrons. The number of likely N-dealkylation sites (N-methyl/N-ethyl adjacent to an activating group) is 1. The maximum absolute atomic E-state index is 13.2. The van der Waals surface area contributed by atoms with Crippen LogP contribution in [-0.2, 0) is 13.1 Å². The molecule has 1 atom stereocenters. The summed E-state index contributed by atoms with van der Waals surface area (Å²) >= 11 is 0. The average Bonchev–Trinajstić information content (AvgIpc) is 3.64. The van der Waals surface area contributed by atoms with Crippen LogP contribution < -0.4 is 20.4 Å². The molecule has 2 saturated heterocycles. The van der Waals surface area contributed by atoms with Crippen molar-refractivity contribution in [3.63, 3.8) is 0 Å². The predicted octanol–water partition coefficient (Wildman–Crippen LogP) is 3.50. The van der Waals surface area contributed by atoms with Gasteiger partial charge in [0.25, 0.3) is 5.91 Å². The number of amides is 1. The fourth-order valence-corrected chi connectivity index (χ4v) is 6.29. The summed E-state index contributed by atoms with van der Waals surface area (Å²) in [6.45, 7) is 6.56. The highest BCUT2D eigenvalue weighted by Crippen LogP contribution is 2.26. The third-order valence-electron chi connectivity index (χ3n) is 8.52. The largest absolute Gasteiger partial charge is 0.372 e. The summed E-state index contributed by atoms with van der Waals surface area (Å²) < 4.78 is 3.88. The van der Waals surface area contributed by atoms with Gasteiger partial charge in [0.1, 0.15) is 11.6 Å².